The molecule has 0 radical (unpaired) electrons. The molecule has 1 heterocycles. The molecule has 1 rings (SSSR count). The maximum absolute atomic E-state index is 13.0. The van der Waals surface area contributed by atoms with Crippen molar-refractivity contribution in [3.05, 3.63) is 29.6 Å². The zero-order valence-corrected chi connectivity index (χ0v) is 9.76. The molecule has 0 atom stereocenters. The lowest BCUT2D eigenvalue weighted by atomic mass is 10.1. The van der Waals surface area contributed by atoms with Crippen LogP contribution in [0.3, 0.4) is 0 Å². The molecule has 90 valence electrons. The van der Waals surface area contributed by atoms with Crippen LogP contribution in [0.15, 0.2) is 18.5 Å². The van der Waals surface area contributed by atoms with Gasteiger partial charge in [0.25, 0.3) is 5.92 Å². The van der Waals surface area contributed by atoms with Gasteiger partial charge in [0.1, 0.15) is 0 Å². The number of unbranched alkanes of at least 4 members (excludes halogenated alkanes) is 1. The van der Waals surface area contributed by atoms with Crippen molar-refractivity contribution in [1.82, 2.24) is 10.3 Å². The summed E-state index contributed by atoms with van der Waals surface area (Å²) in [4.78, 5) is 3.83. The number of nitrogens with zero attached hydrogens (tertiary/aromatic N) is 1. The van der Waals surface area contributed by atoms with Crippen LogP contribution in [0.1, 0.15) is 37.8 Å². The van der Waals surface area contributed by atoms with Gasteiger partial charge in [-0.25, -0.2) is 8.78 Å². The van der Waals surface area contributed by atoms with E-state index in [0.717, 1.165) is 31.9 Å². The summed E-state index contributed by atoms with van der Waals surface area (Å²) in [6.07, 6.45) is 5.05. The van der Waals surface area contributed by atoms with Crippen LogP contribution in [0.25, 0.3) is 0 Å². The molecule has 0 saturated heterocycles. The maximum atomic E-state index is 13.0. The number of pyridine rings is 1. The van der Waals surface area contributed by atoms with Crippen molar-refractivity contribution in [3.63, 3.8) is 0 Å². The third-order valence-electron chi connectivity index (χ3n) is 2.34. The van der Waals surface area contributed by atoms with Gasteiger partial charge in [0.05, 0.1) is 0 Å². The molecule has 0 bridgehead atoms. The average molecular weight is 228 g/mol. The van der Waals surface area contributed by atoms with Crippen LogP contribution >= 0.6 is 0 Å². The quantitative estimate of drug-likeness (QED) is 0.757. The molecule has 1 aromatic heterocycles. The van der Waals surface area contributed by atoms with Gasteiger partial charge in [-0.15, -0.1) is 0 Å². The number of rotatable bonds is 6. The van der Waals surface area contributed by atoms with E-state index in [2.05, 4.69) is 17.2 Å². The molecule has 0 aromatic carbocycles. The summed E-state index contributed by atoms with van der Waals surface area (Å²) in [6.45, 7) is 4.50. The second-order valence-electron chi connectivity index (χ2n) is 4.00. The second kappa shape index (κ2) is 5.89. The fraction of sp³-hybridized carbons (Fsp3) is 0.583. The Hall–Kier alpha value is -1.03. The van der Waals surface area contributed by atoms with E-state index in [1.165, 1.54) is 12.3 Å². The highest BCUT2D eigenvalue weighted by atomic mass is 19.3. The number of nitrogens with one attached hydrogen (secondary N) is 1. The highest BCUT2D eigenvalue weighted by Crippen LogP contribution is 2.26. The topological polar surface area (TPSA) is 24.9 Å². The molecule has 0 aliphatic rings. The highest BCUT2D eigenvalue weighted by molar-refractivity contribution is 5.21. The normalized spacial score (nSPS) is 11.8. The monoisotopic (exact) mass is 228 g/mol. The van der Waals surface area contributed by atoms with Gasteiger partial charge < -0.3 is 5.32 Å². The molecule has 0 spiro atoms. The molecule has 0 unspecified atom stereocenters. The maximum Gasteiger partial charge on any atom is 0.272 e. The molecule has 16 heavy (non-hydrogen) atoms. The highest BCUT2D eigenvalue weighted by Gasteiger charge is 2.24. The van der Waals surface area contributed by atoms with Crippen LogP contribution < -0.4 is 5.32 Å². The van der Waals surface area contributed by atoms with E-state index < -0.39 is 5.92 Å². The van der Waals surface area contributed by atoms with E-state index in [9.17, 15) is 8.78 Å². The van der Waals surface area contributed by atoms with Crippen molar-refractivity contribution < 1.29 is 8.78 Å². The van der Waals surface area contributed by atoms with Gasteiger partial charge in [0, 0.05) is 31.4 Å². The Labute approximate surface area is 95.1 Å². The number of alkyl halides is 2. The standard InChI is InChI=1S/C12H18F2N2/c1-3-4-5-15-7-10-6-11(9-16-8-10)12(2,13)14/h6,8-9,15H,3-5,7H2,1-2H3. The van der Waals surface area contributed by atoms with Crippen molar-refractivity contribution in [2.24, 2.45) is 0 Å². The van der Waals surface area contributed by atoms with Crippen LogP contribution in [-0.4, -0.2) is 11.5 Å². The minimum Gasteiger partial charge on any atom is -0.313 e. The van der Waals surface area contributed by atoms with Gasteiger partial charge in [0.2, 0.25) is 0 Å². The van der Waals surface area contributed by atoms with Gasteiger partial charge in [-0.05, 0) is 24.6 Å². The SMILES string of the molecule is CCCCNCc1cncc(C(C)(F)F)c1. The lowest BCUT2D eigenvalue weighted by Gasteiger charge is -2.11. The zero-order valence-electron chi connectivity index (χ0n) is 9.76. The fourth-order valence-electron chi connectivity index (χ4n) is 1.36. The fourth-order valence-corrected chi connectivity index (χ4v) is 1.36. The number of aromatic nitrogens is 1. The second-order valence-corrected chi connectivity index (χ2v) is 4.00. The summed E-state index contributed by atoms with van der Waals surface area (Å²) in [5, 5.41) is 3.20. The Balaban J connectivity index is 2.54. The minimum absolute atomic E-state index is 0.0257. The van der Waals surface area contributed by atoms with E-state index in [1.807, 2.05) is 0 Å². The average Bonchev–Trinajstić information content (AvgIpc) is 2.24. The van der Waals surface area contributed by atoms with Crippen LogP contribution in [0.5, 0.6) is 0 Å². The van der Waals surface area contributed by atoms with Gasteiger partial charge in [0.15, 0.2) is 0 Å². The number of halogens is 2. The lowest BCUT2D eigenvalue weighted by molar-refractivity contribution is 0.0170. The molecule has 0 amide bonds. The van der Waals surface area contributed by atoms with E-state index in [0.29, 0.717) is 6.54 Å². The Kier molecular flexibility index (Phi) is 4.80. The smallest absolute Gasteiger partial charge is 0.272 e. The summed E-state index contributed by atoms with van der Waals surface area (Å²) in [5.41, 5.74) is 0.775. The minimum atomic E-state index is -2.81. The first-order valence-corrected chi connectivity index (χ1v) is 5.57. The summed E-state index contributed by atoms with van der Waals surface area (Å²) in [6, 6.07) is 1.51. The van der Waals surface area contributed by atoms with Crippen molar-refractivity contribution >= 4 is 0 Å². The Morgan fingerprint density at radius 1 is 1.38 bits per heavy atom. The van der Waals surface area contributed by atoms with Crippen LogP contribution in [0.2, 0.25) is 0 Å². The molecule has 1 aromatic rings. The predicted octanol–water partition coefficient (Wildman–Crippen LogP) is 3.08. The first-order chi connectivity index (χ1) is 7.54. The van der Waals surface area contributed by atoms with Crippen molar-refractivity contribution in [1.29, 1.82) is 0 Å². The molecule has 0 fully saturated rings. The van der Waals surface area contributed by atoms with Crippen LogP contribution in [0, 0.1) is 0 Å². The predicted molar refractivity (Wildman–Crippen MR) is 60.4 cm³/mol. The largest absolute Gasteiger partial charge is 0.313 e. The Bertz CT molecular complexity index is 321. The Morgan fingerprint density at radius 3 is 2.75 bits per heavy atom. The van der Waals surface area contributed by atoms with E-state index >= 15 is 0 Å². The molecule has 0 aliphatic heterocycles. The molecule has 2 nitrogen and oxygen atoms in total. The summed E-state index contributed by atoms with van der Waals surface area (Å²) < 4.78 is 26.0. The molecule has 0 saturated carbocycles. The number of hydrogen-bond donors (Lipinski definition) is 1. The summed E-state index contributed by atoms with van der Waals surface area (Å²) in [7, 11) is 0. The first kappa shape index (κ1) is 13.0. The van der Waals surface area contributed by atoms with Crippen molar-refractivity contribution in [2.75, 3.05) is 6.54 Å². The van der Waals surface area contributed by atoms with Gasteiger partial charge in [-0.2, -0.15) is 0 Å². The van der Waals surface area contributed by atoms with E-state index in [1.54, 1.807) is 6.20 Å². The summed E-state index contributed by atoms with van der Waals surface area (Å²) in [5.74, 6) is -2.81. The van der Waals surface area contributed by atoms with Gasteiger partial charge in [-0.1, -0.05) is 13.3 Å². The molecular weight excluding hydrogens is 210 g/mol. The lowest BCUT2D eigenvalue weighted by Crippen LogP contribution is -2.15. The van der Waals surface area contributed by atoms with Crippen LogP contribution in [0.4, 0.5) is 8.78 Å². The van der Waals surface area contributed by atoms with Crippen molar-refractivity contribution in [3.8, 4) is 0 Å². The van der Waals surface area contributed by atoms with E-state index in [-0.39, 0.29) is 5.56 Å². The van der Waals surface area contributed by atoms with E-state index in [4.69, 9.17) is 0 Å². The third kappa shape index (κ3) is 4.23. The molecule has 0 aliphatic carbocycles. The van der Waals surface area contributed by atoms with Crippen molar-refractivity contribution in [2.45, 2.75) is 39.2 Å². The zero-order chi connectivity index (χ0) is 12.0. The molecular formula is C12H18F2N2. The Morgan fingerprint density at radius 2 is 2.12 bits per heavy atom. The first-order valence-electron chi connectivity index (χ1n) is 5.57. The summed E-state index contributed by atoms with van der Waals surface area (Å²) >= 11 is 0. The van der Waals surface area contributed by atoms with Gasteiger partial charge >= 0.3 is 0 Å². The molecule has 4 heteroatoms. The van der Waals surface area contributed by atoms with Gasteiger partial charge in [-0.3, -0.25) is 4.98 Å². The third-order valence-corrected chi connectivity index (χ3v) is 2.34. The number of hydrogen-bond acceptors (Lipinski definition) is 2. The molecule has 1 N–H and O–H groups in total. The van der Waals surface area contributed by atoms with Crippen LogP contribution in [-0.2, 0) is 12.5 Å².